The highest BCUT2D eigenvalue weighted by Gasteiger charge is 2.19. The van der Waals surface area contributed by atoms with Crippen LogP contribution in [0.5, 0.6) is 0 Å². The van der Waals surface area contributed by atoms with Gasteiger partial charge >= 0.3 is 0 Å². The molecule has 1 N–H and O–H groups in total. The van der Waals surface area contributed by atoms with Crippen molar-refractivity contribution in [2.24, 2.45) is 5.92 Å². The van der Waals surface area contributed by atoms with Crippen LogP contribution in [0.1, 0.15) is 32.3 Å². The summed E-state index contributed by atoms with van der Waals surface area (Å²) in [5.41, 5.74) is 1.39. The Hall–Kier alpha value is -0.340. The van der Waals surface area contributed by atoms with E-state index in [1.54, 1.807) is 0 Å². The molecule has 0 aromatic heterocycles. The van der Waals surface area contributed by atoms with E-state index in [4.69, 9.17) is 0 Å². The Morgan fingerprint density at radius 1 is 1.07 bits per heavy atom. The smallest absolute Gasteiger partial charge is 0.0175 e. The Bertz CT molecular complexity index is 292. The van der Waals surface area contributed by atoms with Crippen LogP contribution in [-0.4, -0.2) is 13.1 Å². The minimum atomic E-state index is 0.533. The molecular formula is C13H20BrN. The number of benzene rings is 1. The molecule has 2 unspecified atom stereocenters. The number of halogens is 1. The first-order valence-corrected chi connectivity index (χ1v) is 6.28. The van der Waals surface area contributed by atoms with Crippen LogP contribution in [0.25, 0.3) is 0 Å². The molecule has 15 heavy (non-hydrogen) atoms. The van der Waals surface area contributed by atoms with Crippen LogP contribution in [0, 0.1) is 5.92 Å². The molecule has 0 bridgehead atoms. The molecule has 1 aromatic rings. The van der Waals surface area contributed by atoms with Crippen LogP contribution in [0.15, 0.2) is 28.7 Å². The molecule has 2 heteroatoms. The third kappa shape index (κ3) is 3.32. The standard InChI is InChI=1S/C13H20BrN/c1-9(2)13(15-4)10(3)11-5-7-12(14)8-6-11/h5-10,13,15H,1-4H3. The second kappa shape index (κ2) is 5.66. The summed E-state index contributed by atoms with van der Waals surface area (Å²) < 4.78 is 1.14. The molecular weight excluding hydrogens is 250 g/mol. The van der Waals surface area contributed by atoms with Crippen molar-refractivity contribution in [2.45, 2.75) is 32.7 Å². The normalized spacial score (nSPS) is 15.3. The zero-order valence-corrected chi connectivity index (χ0v) is 11.5. The van der Waals surface area contributed by atoms with E-state index >= 15 is 0 Å². The second-order valence-corrected chi connectivity index (χ2v) is 5.31. The molecule has 0 heterocycles. The van der Waals surface area contributed by atoms with Gasteiger partial charge in [-0.05, 0) is 36.6 Å². The first kappa shape index (κ1) is 12.7. The molecule has 0 fully saturated rings. The molecule has 0 amide bonds. The van der Waals surface area contributed by atoms with Gasteiger partial charge in [-0.25, -0.2) is 0 Å². The maximum absolute atomic E-state index is 3.46. The van der Waals surface area contributed by atoms with Crippen LogP contribution in [0.3, 0.4) is 0 Å². The summed E-state index contributed by atoms with van der Waals surface area (Å²) in [7, 11) is 2.04. The largest absolute Gasteiger partial charge is 0.316 e. The van der Waals surface area contributed by atoms with Gasteiger partial charge in [-0.2, -0.15) is 0 Å². The molecule has 1 rings (SSSR count). The highest BCUT2D eigenvalue weighted by molar-refractivity contribution is 9.10. The van der Waals surface area contributed by atoms with Gasteiger partial charge in [-0.3, -0.25) is 0 Å². The molecule has 2 atom stereocenters. The molecule has 1 aromatic carbocycles. The first-order valence-electron chi connectivity index (χ1n) is 5.49. The molecule has 0 aliphatic heterocycles. The summed E-state index contributed by atoms with van der Waals surface area (Å²) in [5, 5.41) is 3.40. The van der Waals surface area contributed by atoms with E-state index < -0.39 is 0 Å². The molecule has 0 radical (unpaired) electrons. The second-order valence-electron chi connectivity index (χ2n) is 4.40. The zero-order chi connectivity index (χ0) is 11.4. The molecule has 0 spiro atoms. The third-order valence-electron chi connectivity index (χ3n) is 2.99. The monoisotopic (exact) mass is 269 g/mol. The van der Waals surface area contributed by atoms with E-state index in [9.17, 15) is 0 Å². The SMILES string of the molecule is CNC(C(C)C)C(C)c1ccc(Br)cc1. The third-order valence-corrected chi connectivity index (χ3v) is 3.51. The van der Waals surface area contributed by atoms with E-state index in [0.717, 1.165) is 4.47 Å². The predicted molar refractivity (Wildman–Crippen MR) is 70.2 cm³/mol. The van der Waals surface area contributed by atoms with Crippen molar-refractivity contribution in [1.82, 2.24) is 5.32 Å². The molecule has 1 nitrogen and oxygen atoms in total. The minimum Gasteiger partial charge on any atom is -0.316 e. The maximum atomic E-state index is 3.46. The lowest BCUT2D eigenvalue weighted by Crippen LogP contribution is -2.35. The van der Waals surface area contributed by atoms with Gasteiger partial charge in [0.1, 0.15) is 0 Å². The van der Waals surface area contributed by atoms with Gasteiger partial charge in [0.15, 0.2) is 0 Å². The number of hydrogen-bond donors (Lipinski definition) is 1. The molecule has 0 aliphatic carbocycles. The quantitative estimate of drug-likeness (QED) is 0.877. The summed E-state index contributed by atoms with van der Waals surface area (Å²) in [6.45, 7) is 6.80. The van der Waals surface area contributed by atoms with Gasteiger partial charge in [0, 0.05) is 10.5 Å². The van der Waals surface area contributed by atoms with E-state index in [2.05, 4.69) is 66.3 Å². The van der Waals surface area contributed by atoms with Crippen LogP contribution >= 0.6 is 15.9 Å². The zero-order valence-electron chi connectivity index (χ0n) is 9.92. The van der Waals surface area contributed by atoms with Crippen LogP contribution < -0.4 is 5.32 Å². The number of hydrogen-bond acceptors (Lipinski definition) is 1. The Kier molecular flexibility index (Phi) is 4.81. The highest BCUT2D eigenvalue weighted by Crippen LogP contribution is 2.24. The summed E-state index contributed by atoms with van der Waals surface area (Å²) in [4.78, 5) is 0. The van der Waals surface area contributed by atoms with Crippen molar-refractivity contribution < 1.29 is 0 Å². The Balaban J connectivity index is 2.82. The van der Waals surface area contributed by atoms with Gasteiger partial charge in [-0.15, -0.1) is 0 Å². The topological polar surface area (TPSA) is 12.0 Å². The van der Waals surface area contributed by atoms with Crippen molar-refractivity contribution in [3.8, 4) is 0 Å². The lowest BCUT2D eigenvalue weighted by molar-refractivity contribution is 0.376. The van der Waals surface area contributed by atoms with Crippen LogP contribution in [0.2, 0.25) is 0 Å². The van der Waals surface area contributed by atoms with Gasteiger partial charge < -0.3 is 5.32 Å². The van der Waals surface area contributed by atoms with E-state index in [-0.39, 0.29) is 0 Å². The fourth-order valence-electron chi connectivity index (χ4n) is 2.13. The predicted octanol–water partition coefficient (Wildman–Crippen LogP) is 3.80. The van der Waals surface area contributed by atoms with Crippen molar-refractivity contribution in [3.63, 3.8) is 0 Å². The number of rotatable bonds is 4. The van der Waals surface area contributed by atoms with Crippen molar-refractivity contribution in [1.29, 1.82) is 0 Å². The number of likely N-dealkylation sites (N-methyl/N-ethyl adjacent to an activating group) is 1. The lowest BCUT2D eigenvalue weighted by Gasteiger charge is -2.27. The summed E-state index contributed by atoms with van der Waals surface area (Å²) in [6, 6.07) is 9.15. The average molecular weight is 270 g/mol. The fourth-order valence-corrected chi connectivity index (χ4v) is 2.40. The number of nitrogens with one attached hydrogen (secondary N) is 1. The fraction of sp³-hybridized carbons (Fsp3) is 0.538. The maximum Gasteiger partial charge on any atom is 0.0175 e. The lowest BCUT2D eigenvalue weighted by atomic mass is 9.87. The van der Waals surface area contributed by atoms with Gasteiger partial charge in [0.25, 0.3) is 0 Å². The van der Waals surface area contributed by atoms with Gasteiger partial charge in [-0.1, -0.05) is 48.8 Å². The summed E-state index contributed by atoms with van der Waals surface area (Å²) in [5.74, 6) is 1.19. The summed E-state index contributed by atoms with van der Waals surface area (Å²) >= 11 is 3.46. The summed E-state index contributed by atoms with van der Waals surface area (Å²) in [6.07, 6.45) is 0. The van der Waals surface area contributed by atoms with E-state index in [1.165, 1.54) is 5.56 Å². The van der Waals surface area contributed by atoms with Crippen LogP contribution in [0.4, 0.5) is 0 Å². The Morgan fingerprint density at radius 2 is 1.60 bits per heavy atom. The Morgan fingerprint density at radius 3 is 2.00 bits per heavy atom. The van der Waals surface area contributed by atoms with Crippen molar-refractivity contribution >= 4 is 15.9 Å². The van der Waals surface area contributed by atoms with Crippen LogP contribution in [-0.2, 0) is 0 Å². The van der Waals surface area contributed by atoms with Gasteiger partial charge in [0.2, 0.25) is 0 Å². The minimum absolute atomic E-state index is 0.533. The average Bonchev–Trinajstić information content (AvgIpc) is 2.19. The molecule has 0 saturated carbocycles. The molecule has 0 aliphatic rings. The molecule has 0 saturated heterocycles. The van der Waals surface area contributed by atoms with E-state index in [0.29, 0.717) is 17.9 Å². The Labute approximate surface area is 101 Å². The van der Waals surface area contributed by atoms with Gasteiger partial charge in [0.05, 0.1) is 0 Å². The van der Waals surface area contributed by atoms with E-state index in [1.807, 2.05) is 7.05 Å². The van der Waals surface area contributed by atoms with Crippen molar-refractivity contribution in [2.75, 3.05) is 7.05 Å². The first-order chi connectivity index (χ1) is 7.06. The molecule has 84 valence electrons. The highest BCUT2D eigenvalue weighted by atomic mass is 79.9. The van der Waals surface area contributed by atoms with Crippen molar-refractivity contribution in [3.05, 3.63) is 34.3 Å².